The lowest BCUT2D eigenvalue weighted by Gasteiger charge is -2.50. The Morgan fingerprint density at radius 3 is 1.74 bits per heavy atom. The fourth-order valence-electron chi connectivity index (χ4n) is 6.17. The summed E-state index contributed by atoms with van der Waals surface area (Å²) in [6.07, 6.45) is 0.544. The first-order chi connectivity index (χ1) is 17.1. The highest BCUT2D eigenvalue weighted by molar-refractivity contribution is 7.04. The van der Waals surface area contributed by atoms with Gasteiger partial charge in [-0.1, -0.05) is 55.4 Å². The van der Waals surface area contributed by atoms with E-state index in [2.05, 4.69) is 53.2 Å². The minimum atomic E-state index is -0.470. The number of nitrogens with zero attached hydrogens (tertiary/aromatic N) is 1. The Kier molecular flexibility index (Phi) is 10.0. The maximum absolute atomic E-state index is 10.6. The molecule has 0 saturated carbocycles. The van der Waals surface area contributed by atoms with Gasteiger partial charge in [0.05, 0.1) is 48.8 Å². The van der Waals surface area contributed by atoms with Crippen LogP contribution in [0.2, 0.25) is 0 Å². The van der Waals surface area contributed by atoms with E-state index in [-0.39, 0.29) is 93.8 Å². The maximum atomic E-state index is 10.6. The molecule has 15 atom stereocenters. The Hall–Kier alpha value is -0.140. The first-order valence-corrected chi connectivity index (χ1v) is 14.3. The van der Waals surface area contributed by atoms with E-state index in [1.54, 1.807) is 0 Å². The summed E-state index contributed by atoms with van der Waals surface area (Å²) in [5.41, 5.74) is 0. The Bertz CT molecular complexity index is 714. The molecule has 204 valence electrons. The highest BCUT2D eigenvalue weighted by Crippen LogP contribution is 2.41. The molecule has 0 spiro atoms. The van der Waals surface area contributed by atoms with Crippen molar-refractivity contribution in [2.75, 3.05) is 0 Å². The van der Waals surface area contributed by atoms with Crippen LogP contribution in [0.25, 0.3) is 0 Å². The molecule has 7 nitrogen and oxygen atoms in total. The zero-order chi connectivity index (χ0) is 26.7. The average Bonchev–Trinajstić information content (AvgIpc) is 2.87. The Labute approximate surface area is 216 Å². The van der Waals surface area contributed by atoms with Crippen LogP contribution < -0.4 is 0 Å². The Balaban J connectivity index is 1.74. The lowest BCUT2D eigenvalue weighted by Crippen LogP contribution is -2.58. The van der Waals surface area contributed by atoms with Gasteiger partial charge in [-0.3, -0.25) is 4.74 Å². The molecule has 3 aliphatic rings. The van der Waals surface area contributed by atoms with Gasteiger partial charge in [-0.2, -0.15) is 0 Å². The molecule has 1 N–H and O–H groups in total. The van der Waals surface area contributed by atoms with Crippen molar-refractivity contribution in [3.05, 3.63) is 0 Å². The largest absolute Gasteiger partial charge is 0.390 e. The van der Waals surface area contributed by atoms with E-state index < -0.39 is 6.10 Å². The summed E-state index contributed by atoms with van der Waals surface area (Å²) in [4.78, 5) is 0. The zero-order valence-corrected chi connectivity index (χ0v) is 24.1. The van der Waals surface area contributed by atoms with Crippen LogP contribution in [0.4, 0.5) is 0 Å². The van der Waals surface area contributed by atoms with Crippen molar-refractivity contribution >= 4 is 8.98 Å². The lowest BCUT2D eigenvalue weighted by molar-refractivity contribution is -0.340. The third-order valence-electron chi connectivity index (χ3n) is 9.16. The van der Waals surface area contributed by atoms with E-state index in [0.717, 1.165) is 19.3 Å². The van der Waals surface area contributed by atoms with Gasteiger partial charge in [0, 0.05) is 17.8 Å². The normalized spacial score (nSPS) is 51.9. The second-order valence-corrected chi connectivity index (χ2v) is 11.5. The fraction of sp³-hybridized carbons (Fsp3) is 1.00. The van der Waals surface area contributed by atoms with Crippen molar-refractivity contribution in [3.8, 4) is 0 Å². The lowest BCUT2D eigenvalue weighted by atomic mass is 9.81. The first kappa shape index (κ1) is 27.9. The summed E-state index contributed by atoms with van der Waals surface area (Å²) in [6.45, 7) is 19.1. The Morgan fingerprint density at radius 2 is 1.20 bits per heavy atom. The minimum absolute atomic E-state index is 0.0283. The first-order valence-electron chi connectivity index (χ1n) is 14.3. The number of hydrogen-bond acceptors (Lipinski definition) is 7. The molecule has 0 aromatic heterocycles. The minimum Gasteiger partial charge on any atom is -0.390 e. The van der Waals surface area contributed by atoms with Crippen LogP contribution >= 0.6 is 8.98 Å². The predicted octanol–water partition coefficient (Wildman–Crippen LogP) is 5.46. The number of hydrogen-bond donors (Lipinski definition) is 1. The quantitative estimate of drug-likeness (QED) is 0.430. The molecule has 0 aromatic rings. The van der Waals surface area contributed by atoms with Crippen LogP contribution in [0, 0.1) is 29.6 Å². The van der Waals surface area contributed by atoms with Gasteiger partial charge in [0.25, 0.3) is 0 Å². The molecule has 3 fully saturated rings. The maximum Gasteiger partial charge on any atom is 0.161 e. The summed E-state index contributed by atoms with van der Waals surface area (Å²) >= 11 is 0. The number of rotatable bonds is 8. The molecule has 35 heavy (non-hydrogen) atoms. The predicted molar refractivity (Wildman–Crippen MR) is 139 cm³/mol. The summed E-state index contributed by atoms with van der Waals surface area (Å²) in [5.74, 6) is 0.617. The van der Waals surface area contributed by atoms with Crippen LogP contribution in [0.1, 0.15) is 81.6 Å². The van der Waals surface area contributed by atoms with Gasteiger partial charge in [0.15, 0.2) is 12.6 Å². The molecule has 3 rings (SSSR count). The van der Waals surface area contributed by atoms with E-state index in [1.165, 1.54) is 0 Å². The van der Waals surface area contributed by atoms with Crippen molar-refractivity contribution in [2.24, 2.45) is 34.3 Å². The third kappa shape index (κ3) is 5.97. The molecule has 3 saturated heterocycles. The van der Waals surface area contributed by atoms with E-state index in [1.807, 2.05) is 13.8 Å². The highest BCUT2D eigenvalue weighted by Gasteiger charge is 2.49. The van der Waals surface area contributed by atoms with Crippen LogP contribution in [0.3, 0.4) is 0 Å². The van der Waals surface area contributed by atoms with Gasteiger partial charge in [0.1, 0.15) is 1.28 Å². The number of aliphatic hydroxyl groups is 1. The summed E-state index contributed by atoms with van der Waals surface area (Å²) in [6, 6.07) is -0.0693. The second kappa shape index (κ2) is 12.6. The summed E-state index contributed by atoms with van der Waals surface area (Å²) < 4.78 is 44.6. The van der Waals surface area contributed by atoms with Crippen LogP contribution in [-0.2, 0) is 23.7 Å². The summed E-state index contributed by atoms with van der Waals surface area (Å²) in [5, 5.41) is 10.6. The van der Waals surface area contributed by atoms with E-state index in [9.17, 15) is 5.11 Å². The molecule has 0 radical (unpaired) electrons. The molecular formula is C27H50NO6P. The standard InChI is InChI=1S/C27H50NO6P/c1-10-19-23(29)13(4)15(6)26(31-19)33-24-14(5)16(7)27(32-21(24)12-3)34-25-17(8)22(28-35)18(9)30-20(25)11-2/h13-27,29,35H,10-12H2,1-9H3/t13?,14?,15-,16-,17?,18-,19?,20?,21?,22-,23-,24-,25-,26-,27-/m0/s1. The van der Waals surface area contributed by atoms with Crippen molar-refractivity contribution in [1.29, 1.82) is 1.28 Å². The topological polar surface area (TPSA) is 78.7 Å². The highest BCUT2D eigenvalue weighted by atomic mass is 31.0. The van der Waals surface area contributed by atoms with Gasteiger partial charge in [-0.05, 0) is 47.0 Å². The van der Waals surface area contributed by atoms with E-state index in [4.69, 9.17) is 25.0 Å². The van der Waals surface area contributed by atoms with E-state index >= 15 is 0 Å². The van der Waals surface area contributed by atoms with Gasteiger partial charge in [-0.25, -0.2) is 0 Å². The molecule has 0 amide bonds. The van der Waals surface area contributed by atoms with E-state index in [0.29, 0.717) is 0 Å². The second-order valence-electron chi connectivity index (χ2n) is 11.3. The zero-order valence-electron chi connectivity index (χ0n) is 24.2. The number of ether oxygens (including phenoxy) is 5. The molecular weight excluding hydrogens is 465 g/mol. The SMILES string of the molecule is [4H]/P=N\[C@H]1C(C)[C@H](O[C@@H]2OC(CC)[C@@H](O[C@@H]3OC(CC)[C@@H](O)C(C)[C@@H]3C)C(C)[C@@H]2C)C(CC)O[C@H]1C. The van der Waals surface area contributed by atoms with Crippen LogP contribution in [-0.4, -0.2) is 67.7 Å². The van der Waals surface area contributed by atoms with Crippen LogP contribution in [0.15, 0.2) is 4.74 Å². The summed E-state index contributed by atoms with van der Waals surface area (Å²) in [7, 11) is 0.276. The molecule has 0 bridgehead atoms. The molecule has 8 heteroatoms. The number of aliphatic hydroxyl groups excluding tert-OH is 1. The van der Waals surface area contributed by atoms with Gasteiger partial charge < -0.3 is 28.8 Å². The van der Waals surface area contributed by atoms with Gasteiger partial charge >= 0.3 is 0 Å². The molecule has 3 aliphatic heterocycles. The molecule has 0 aliphatic carbocycles. The molecule has 0 aromatic carbocycles. The van der Waals surface area contributed by atoms with Crippen LogP contribution in [0.5, 0.6) is 0 Å². The molecule has 6 unspecified atom stereocenters. The van der Waals surface area contributed by atoms with Crippen molar-refractivity contribution in [3.63, 3.8) is 0 Å². The van der Waals surface area contributed by atoms with Crippen molar-refractivity contribution in [2.45, 2.75) is 143 Å². The van der Waals surface area contributed by atoms with Gasteiger partial charge in [-0.15, -0.1) is 0 Å². The van der Waals surface area contributed by atoms with Gasteiger partial charge in [0.2, 0.25) is 0 Å². The smallest absolute Gasteiger partial charge is 0.161 e. The third-order valence-corrected chi connectivity index (χ3v) is 9.42. The monoisotopic (exact) mass is 518 g/mol. The molecule has 3 heterocycles. The average molecular weight is 519 g/mol. The van der Waals surface area contributed by atoms with Crippen molar-refractivity contribution < 1.29 is 28.8 Å². The van der Waals surface area contributed by atoms with Crippen molar-refractivity contribution in [1.82, 2.24) is 0 Å². The fourth-order valence-corrected chi connectivity index (χ4v) is 6.56. The Morgan fingerprint density at radius 1 is 0.714 bits per heavy atom.